The zero-order chi connectivity index (χ0) is 17.2. The summed E-state index contributed by atoms with van der Waals surface area (Å²) in [7, 11) is 0. The topological polar surface area (TPSA) is 46.4 Å². The summed E-state index contributed by atoms with van der Waals surface area (Å²) in [6.07, 6.45) is 3.92. The Kier molecular flexibility index (Phi) is 4.23. The highest BCUT2D eigenvalue weighted by Gasteiger charge is 2.14. The van der Waals surface area contributed by atoms with Crippen LogP contribution in [0.2, 0.25) is 0 Å². The molecule has 0 aliphatic rings. The van der Waals surface area contributed by atoms with Crippen LogP contribution in [0.3, 0.4) is 0 Å². The van der Waals surface area contributed by atoms with Crippen molar-refractivity contribution in [1.29, 1.82) is 0 Å². The summed E-state index contributed by atoms with van der Waals surface area (Å²) in [5.74, 6) is -0.124. The second kappa shape index (κ2) is 6.68. The van der Waals surface area contributed by atoms with Gasteiger partial charge in [-0.3, -0.25) is 4.79 Å². The van der Waals surface area contributed by atoms with E-state index in [4.69, 9.17) is 0 Å². The lowest BCUT2D eigenvalue weighted by Gasteiger charge is -2.10. The zero-order valence-electron chi connectivity index (χ0n) is 13.2. The summed E-state index contributed by atoms with van der Waals surface area (Å²) in [4.78, 5) is 17.3. The molecule has 0 saturated carbocycles. The Bertz CT molecular complexity index is 1040. The Morgan fingerprint density at radius 1 is 0.960 bits per heavy atom. The number of amides is 1. The molecule has 0 aliphatic heterocycles. The maximum Gasteiger partial charge on any atom is 0.256 e. The van der Waals surface area contributed by atoms with E-state index in [1.807, 2.05) is 83.5 Å². The molecule has 0 bridgehead atoms. The molecule has 1 amide bonds. The van der Waals surface area contributed by atoms with Crippen molar-refractivity contribution in [3.05, 3.63) is 88.3 Å². The highest BCUT2D eigenvalue weighted by Crippen LogP contribution is 2.28. The molecule has 0 radical (unpaired) electrons. The first-order valence-electron chi connectivity index (χ1n) is 7.81. The lowest BCUT2D eigenvalue weighted by Crippen LogP contribution is -2.14. The van der Waals surface area contributed by atoms with E-state index in [0.717, 1.165) is 26.2 Å². The lowest BCUT2D eigenvalue weighted by atomic mass is 10.1. The van der Waals surface area contributed by atoms with Crippen LogP contribution in [0.1, 0.15) is 10.4 Å². The van der Waals surface area contributed by atoms with Gasteiger partial charge in [-0.2, -0.15) is 0 Å². The number of halogens is 1. The summed E-state index contributed by atoms with van der Waals surface area (Å²) < 4.78 is 2.89. The molecule has 4 rings (SSSR count). The van der Waals surface area contributed by atoms with Gasteiger partial charge in [-0.05, 0) is 52.9 Å². The second-order valence-electron chi connectivity index (χ2n) is 5.57. The van der Waals surface area contributed by atoms with Crippen molar-refractivity contribution in [2.75, 3.05) is 5.32 Å². The number of para-hydroxylation sites is 1. The van der Waals surface area contributed by atoms with Crippen molar-refractivity contribution < 1.29 is 4.79 Å². The van der Waals surface area contributed by atoms with Crippen LogP contribution in [0.4, 0.5) is 5.69 Å². The van der Waals surface area contributed by atoms with Crippen molar-refractivity contribution in [2.45, 2.75) is 0 Å². The average Bonchev–Trinajstić information content (AvgIpc) is 3.06. The molecule has 0 unspecified atom stereocenters. The van der Waals surface area contributed by atoms with Gasteiger partial charge in [0.1, 0.15) is 5.65 Å². The SMILES string of the molecule is O=C(Nc1ccccc1-c1cn2ccccc2n1)c1ccccc1I. The molecule has 4 aromatic rings. The molecule has 122 valence electrons. The van der Waals surface area contributed by atoms with Crippen molar-refractivity contribution in [1.82, 2.24) is 9.38 Å². The number of hydrogen-bond acceptors (Lipinski definition) is 2. The van der Waals surface area contributed by atoms with Gasteiger partial charge in [-0.25, -0.2) is 4.98 Å². The van der Waals surface area contributed by atoms with E-state index in [1.54, 1.807) is 0 Å². The Hall–Kier alpha value is -2.67. The van der Waals surface area contributed by atoms with E-state index in [2.05, 4.69) is 32.9 Å². The first-order valence-corrected chi connectivity index (χ1v) is 8.89. The van der Waals surface area contributed by atoms with E-state index < -0.39 is 0 Å². The third-order valence-corrected chi connectivity index (χ3v) is 4.87. The third kappa shape index (κ3) is 3.15. The van der Waals surface area contributed by atoms with E-state index in [-0.39, 0.29) is 5.91 Å². The molecule has 0 atom stereocenters. The Balaban J connectivity index is 1.72. The third-order valence-electron chi connectivity index (χ3n) is 3.93. The van der Waals surface area contributed by atoms with Crippen LogP contribution in [-0.4, -0.2) is 15.3 Å². The fourth-order valence-corrected chi connectivity index (χ4v) is 3.35. The molecule has 0 aliphatic carbocycles. The van der Waals surface area contributed by atoms with Crippen LogP contribution in [0, 0.1) is 3.57 Å². The minimum Gasteiger partial charge on any atom is -0.321 e. The standard InChI is InChI=1S/C20H14IN3O/c21-16-9-3-1-7-14(16)20(25)23-17-10-4-2-8-15(17)18-13-24-12-6-5-11-19(24)22-18/h1-13H,(H,23,25). The van der Waals surface area contributed by atoms with Crippen LogP contribution < -0.4 is 5.32 Å². The number of aromatic nitrogens is 2. The van der Waals surface area contributed by atoms with Gasteiger partial charge in [0.15, 0.2) is 0 Å². The molecule has 0 fully saturated rings. The predicted molar refractivity (Wildman–Crippen MR) is 108 cm³/mol. The number of nitrogens with one attached hydrogen (secondary N) is 1. The van der Waals surface area contributed by atoms with Crippen molar-refractivity contribution in [2.24, 2.45) is 0 Å². The largest absolute Gasteiger partial charge is 0.321 e. The Morgan fingerprint density at radius 3 is 2.56 bits per heavy atom. The molecular weight excluding hydrogens is 425 g/mol. The number of carbonyl (C=O) groups excluding carboxylic acids is 1. The molecule has 4 nitrogen and oxygen atoms in total. The summed E-state index contributed by atoms with van der Waals surface area (Å²) in [6.45, 7) is 0. The van der Waals surface area contributed by atoms with Gasteiger partial charge in [-0.15, -0.1) is 0 Å². The number of imidazole rings is 1. The quantitative estimate of drug-likeness (QED) is 0.464. The van der Waals surface area contributed by atoms with Crippen LogP contribution in [0.5, 0.6) is 0 Å². The highest BCUT2D eigenvalue weighted by atomic mass is 127. The molecule has 5 heteroatoms. The summed E-state index contributed by atoms with van der Waals surface area (Å²) >= 11 is 2.17. The molecule has 2 aromatic carbocycles. The minimum atomic E-state index is -0.124. The van der Waals surface area contributed by atoms with Crippen molar-refractivity contribution in [3.8, 4) is 11.3 Å². The molecule has 0 saturated heterocycles. The fourth-order valence-electron chi connectivity index (χ4n) is 2.71. The summed E-state index contributed by atoms with van der Waals surface area (Å²) in [5.41, 5.74) is 4.00. The Labute approximate surface area is 158 Å². The van der Waals surface area contributed by atoms with Crippen molar-refractivity contribution >= 4 is 39.8 Å². The number of pyridine rings is 1. The van der Waals surface area contributed by atoms with Gasteiger partial charge in [0.2, 0.25) is 0 Å². The van der Waals surface area contributed by atoms with Gasteiger partial charge in [-0.1, -0.05) is 36.4 Å². The molecule has 25 heavy (non-hydrogen) atoms. The van der Waals surface area contributed by atoms with Gasteiger partial charge < -0.3 is 9.72 Å². The summed E-state index contributed by atoms with van der Waals surface area (Å²) in [6, 6.07) is 21.1. The van der Waals surface area contributed by atoms with E-state index in [1.165, 1.54) is 0 Å². The van der Waals surface area contributed by atoms with Crippen LogP contribution in [-0.2, 0) is 0 Å². The van der Waals surface area contributed by atoms with Gasteiger partial charge in [0, 0.05) is 21.5 Å². The lowest BCUT2D eigenvalue weighted by molar-refractivity contribution is 0.102. The van der Waals surface area contributed by atoms with Gasteiger partial charge in [0.25, 0.3) is 5.91 Å². The number of rotatable bonds is 3. The van der Waals surface area contributed by atoms with Gasteiger partial charge in [0.05, 0.1) is 16.9 Å². The minimum absolute atomic E-state index is 0.124. The first kappa shape index (κ1) is 15.8. The monoisotopic (exact) mass is 439 g/mol. The molecular formula is C20H14IN3O. The smallest absolute Gasteiger partial charge is 0.256 e. The van der Waals surface area contributed by atoms with E-state index in [9.17, 15) is 4.79 Å². The maximum absolute atomic E-state index is 12.6. The fraction of sp³-hybridized carbons (Fsp3) is 0. The number of nitrogens with zero attached hydrogens (tertiary/aromatic N) is 2. The zero-order valence-corrected chi connectivity index (χ0v) is 15.3. The first-order chi connectivity index (χ1) is 12.2. The van der Waals surface area contributed by atoms with Gasteiger partial charge >= 0.3 is 0 Å². The number of anilines is 1. The average molecular weight is 439 g/mol. The number of hydrogen-bond donors (Lipinski definition) is 1. The molecule has 2 heterocycles. The maximum atomic E-state index is 12.6. The number of benzene rings is 2. The van der Waals surface area contributed by atoms with E-state index >= 15 is 0 Å². The molecule has 0 spiro atoms. The van der Waals surface area contributed by atoms with Crippen LogP contribution in [0.15, 0.2) is 79.1 Å². The van der Waals surface area contributed by atoms with E-state index in [0.29, 0.717) is 5.56 Å². The second-order valence-corrected chi connectivity index (χ2v) is 6.73. The number of carbonyl (C=O) groups is 1. The summed E-state index contributed by atoms with van der Waals surface area (Å²) in [5, 5.41) is 3.02. The molecule has 1 N–H and O–H groups in total. The predicted octanol–water partition coefficient (Wildman–Crippen LogP) is 4.86. The van der Waals surface area contributed by atoms with Crippen LogP contribution >= 0.6 is 22.6 Å². The van der Waals surface area contributed by atoms with Crippen LogP contribution in [0.25, 0.3) is 16.9 Å². The molecule has 2 aromatic heterocycles. The Morgan fingerprint density at radius 2 is 1.72 bits per heavy atom. The van der Waals surface area contributed by atoms with Crippen molar-refractivity contribution in [3.63, 3.8) is 0 Å². The normalized spacial score (nSPS) is 10.8. The number of fused-ring (bicyclic) bond motifs is 1. The highest BCUT2D eigenvalue weighted by molar-refractivity contribution is 14.1.